The molecule has 3 aromatic rings. The van der Waals surface area contributed by atoms with E-state index in [-0.39, 0.29) is 11.7 Å². The van der Waals surface area contributed by atoms with E-state index in [1.54, 1.807) is 11.3 Å². The highest BCUT2D eigenvalue weighted by molar-refractivity contribution is 7.99. The van der Waals surface area contributed by atoms with Gasteiger partial charge in [0, 0.05) is 5.38 Å². The summed E-state index contributed by atoms with van der Waals surface area (Å²) in [4.78, 5) is 21.4. The van der Waals surface area contributed by atoms with Gasteiger partial charge in [0.2, 0.25) is 11.1 Å². The third-order valence-corrected chi connectivity index (χ3v) is 5.02. The Morgan fingerprint density at radius 2 is 2.33 bits per heavy atom. The molecule has 6 nitrogen and oxygen atoms in total. The lowest BCUT2D eigenvalue weighted by Crippen LogP contribution is -2.13. The van der Waals surface area contributed by atoms with E-state index in [9.17, 15) is 4.79 Å². The summed E-state index contributed by atoms with van der Waals surface area (Å²) >= 11 is 4.29. The van der Waals surface area contributed by atoms with Crippen molar-refractivity contribution in [1.82, 2.24) is 20.2 Å². The Kier molecular flexibility index (Phi) is 4.32. The molecule has 2 N–H and O–H groups in total. The number of amides is 1. The molecule has 0 aliphatic rings. The van der Waals surface area contributed by atoms with Crippen LogP contribution in [0.4, 0.5) is 5.13 Å². The number of carbonyl (C=O) groups is 1. The van der Waals surface area contributed by atoms with Crippen molar-refractivity contribution < 1.29 is 4.79 Å². The van der Waals surface area contributed by atoms with Crippen LogP contribution in [-0.4, -0.2) is 31.8 Å². The molecule has 0 unspecified atom stereocenters. The lowest BCUT2D eigenvalue weighted by atomic mass is 10.4. The molecule has 0 saturated carbocycles. The fourth-order valence-electron chi connectivity index (χ4n) is 1.53. The van der Waals surface area contributed by atoms with Gasteiger partial charge < -0.3 is 5.32 Å². The van der Waals surface area contributed by atoms with Crippen LogP contribution in [0.25, 0.3) is 10.7 Å². The molecule has 21 heavy (non-hydrogen) atoms. The van der Waals surface area contributed by atoms with Gasteiger partial charge >= 0.3 is 0 Å². The number of aryl methyl sites for hydroxylation is 1. The van der Waals surface area contributed by atoms with Crippen LogP contribution in [0.5, 0.6) is 0 Å². The average molecular weight is 337 g/mol. The Morgan fingerprint density at radius 3 is 3.05 bits per heavy atom. The lowest BCUT2D eigenvalue weighted by Gasteiger charge is -1.98. The number of anilines is 1. The summed E-state index contributed by atoms with van der Waals surface area (Å²) in [5.74, 6) is 0.862. The fourth-order valence-corrected chi connectivity index (χ4v) is 3.50. The third kappa shape index (κ3) is 3.69. The number of nitrogens with zero attached hydrogens (tertiary/aromatic N) is 3. The van der Waals surface area contributed by atoms with Crippen LogP contribution < -0.4 is 5.32 Å². The molecule has 3 heterocycles. The SMILES string of the molecule is Cc1csc(NC(=O)CSc2n[nH]c(-c3cccs3)n2)n1. The monoisotopic (exact) mass is 337 g/mol. The van der Waals surface area contributed by atoms with Gasteiger partial charge in [0.25, 0.3) is 0 Å². The number of nitrogens with one attached hydrogen (secondary N) is 2. The Balaban J connectivity index is 1.54. The highest BCUT2D eigenvalue weighted by Crippen LogP contribution is 2.23. The smallest absolute Gasteiger partial charge is 0.236 e. The fraction of sp³-hybridized carbons (Fsp3) is 0.167. The van der Waals surface area contributed by atoms with Gasteiger partial charge in [0.05, 0.1) is 16.3 Å². The molecule has 0 bridgehead atoms. The van der Waals surface area contributed by atoms with Gasteiger partial charge in [-0.3, -0.25) is 9.89 Å². The molecule has 1 amide bonds. The molecule has 0 atom stereocenters. The zero-order chi connectivity index (χ0) is 14.7. The van der Waals surface area contributed by atoms with Gasteiger partial charge in [-0.1, -0.05) is 17.8 Å². The van der Waals surface area contributed by atoms with Crippen molar-refractivity contribution in [3.8, 4) is 10.7 Å². The van der Waals surface area contributed by atoms with Crippen LogP contribution in [0.1, 0.15) is 5.69 Å². The molecular weight excluding hydrogens is 326 g/mol. The molecule has 108 valence electrons. The van der Waals surface area contributed by atoms with Crippen LogP contribution >= 0.6 is 34.4 Å². The number of aromatic nitrogens is 4. The second-order valence-electron chi connectivity index (χ2n) is 4.07. The van der Waals surface area contributed by atoms with Crippen molar-refractivity contribution in [1.29, 1.82) is 0 Å². The molecule has 0 radical (unpaired) electrons. The van der Waals surface area contributed by atoms with Gasteiger partial charge in [-0.2, -0.15) is 0 Å². The maximum absolute atomic E-state index is 11.8. The molecule has 0 fully saturated rings. The third-order valence-electron chi connectivity index (χ3n) is 2.42. The molecule has 0 spiro atoms. The molecule has 0 aromatic carbocycles. The van der Waals surface area contributed by atoms with Gasteiger partial charge in [-0.15, -0.1) is 27.8 Å². The second kappa shape index (κ2) is 6.37. The average Bonchev–Trinajstić information content (AvgIpc) is 3.17. The summed E-state index contributed by atoms with van der Waals surface area (Å²) in [5.41, 5.74) is 0.900. The summed E-state index contributed by atoms with van der Waals surface area (Å²) in [6, 6.07) is 3.93. The van der Waals surface area contributed by atoms with Crippen molar-refractivity contribution in [2.24, 2.45) is 0 Å². The van der Waals surface area contributed by atoms with E-state index in [1.165, 1.54) is 23.1 Å². The van der Waals surface area contributed by atoms with Crippen LogP contribution in [0, 0.1) is 6.92 Å². The lowest BCUT2D eigenvalue weighted by molar-refractivity contribution is -0.113. The second-order valence-corrected chi connectivity index (χ2v) is 6.82. The van der Waals surface area contributed by atoms with Crippen molar-refractivity contribution in [2.45, 2.75) is 12.1 Å². The Bertz CT molecular complexity index is 734. The van der Waals surface area contributed by atoms with Crippen LogP contribution in [0.3, 0.4) is 0 Å². The summed E-state index contributed by atoms with van der Waals surface area (Å²) < 4.78 is 0. The number of thioether (sulfide) groups is 1. The standard InChI is InChI=1S/C12H11N5OS3/c1-7-5-20-11(13-7)14-9(18)6-21-12-15-10(16-17-12)8-3-2-4-19-8/h2-5H,6H2,1H3,(H,13,14,18)(H,15,16,17). The van der Waals surface area contributed by atoms with Crippen LogP contribution in [0.15, 0.2) is 28.0 Å². The van der Waals surface area contributed by atoms with Crippen molar-refractivity contribution in [3.05, 3.63) is 28.6 Å². The van der Waals surface area contributed by atoms with E-state index in [2.05, 4.69) is 25.5 Å². The van der Waals surface area contributed by atoms with Crippen LogP contribution in [0.2, 0.25) is 0 Å². The van der Waals surface area contributed by atoms with Gasteiger partial charge in [0.15, 0.2) is 11.0 Å². The molecule has 3 rings (SSSR count). The van der Waals surface area contributed by atoms with E-state index in [0.29, 0.717) is 10.3 Å². The van der Waals surface area contributed by atoms with Crippen molar-refractivity contribution in [2.75, 3.05) is 11.1 Å². The minimum atomic E-state index is -0.114. The number of rotatable bonds is 5. The normalized spacial score (nSPS) is 10.7. The highest BCUT2D eigenvalue weighted by atomic mass is 32.2. The maximum Gasteiger partial charge on any atom is 0.236 e. The summed E-state index contributed by atoms with van der Waals surface area (Å²) in [6.45, 7) is 1.89. The Morgan fingerprint density at radius 1 is 1.43 bits per heavy atom. The van der Waals surface area contributed by atoms with Gasteiger partial charge in [-0.25, -0.2) is 9.97 Å². The van der Waals surface area contributed by atoms with E-state index >= 15 is 0 Å². The number of carbonyl (C=O) groups excluding carboxylic acids is 1. The zero-order valence-electron chi connectivity index (χ0n) is 11.0. The minimum absolute atomic E-state index is 0.114. The molecule has 9 heteroatoms. The van der Waals surface area contributed by atoms with E-state index in [1.807, 2.05) is 29.8 Å². The summed E-state index contributed by atoms with van der Waals surface area (Å²) in [6.07, 6.45) is 0. The molecular formula is C12H11N5OS3. The topological polar surface area (TPSA) is 83.6 Å². The maximum atomic E-state index is 11.8. The Hall–Kier alpha value is -1.71. The van der Waals surface area contributed by atoms with Crippen LogP contribution in [-0.2, 0) is 4.79 Å². The number of thiazole rings is 1. The van der Waals surface area contributed by atoms with E-state index in [4.69, 9.17) is 0 Å². The molecule has 3 aromatic heterocycles. The molecule has 0 aliphatic heterocycles. The molecule has 0 aliphatic carbocycles. The number of aromatic amines is 1. The summed E-state index contributed by atoms with van der Waals surface area (Å²) in [7, 11) is 0. The predicted molar refractivity (Wildman–Crippen MR) is 85.9 cm³/mol. The number of hydrogen-bond donors (Lipinski definition) is 2. The number of hydrogen-bond acceptors (Lipinski definition) is 7. The minimum Gasteiger partial charge on any atom is -0.301 e. The highest BCUT2D eigenvalue weighted by Gasteiger charge is 2.10. The number of thiophene rings is 1. The quantitative estimate of drug-likeness (QED) is 0.699. The van der Waals surface area contributed by atoms with Crippen molar-refractivity contribution in [3.63, 3.8) is 0 Å². The Labute approximate surface area is 133 Å². The predicted octanol–water partition coefficient (Wildman–Crippen LogP) is 3.03. The first kappa shape index (κ1) is 14.2. The molecule has 0 saturated heterocycles. The van der Waals surface area contributed by atoms with E-state index in [0.717, 1.165) is 16.4 Å². The first-order valence-corrected chi connectivity index (χ1v) is 8.76. The number of H-pyrrole nitrogens is 1. The zero-order valence-corrected chi connectivity index (χ0v) is 13.4. The first-order valence-electron chi connectivity index (χ1n) is 6.02. The van der Waals surface area contributed by atoms with Crippen molar-refractivity contribution >= 4 is 45.5 Å². The summed E-state index contributed by atoms with van der Waals surface area (Å²) in [5, 5.41) is 14.8. The van der Waals surface area contributed by atoms with Gasteiger partial charge in [0.1, 0.15) is 0 Å². The largest absolute Gasteiger partial charge is 0.301 e. The van der Waals surface area contributed by atoms with E-state index < -0.39 is 0 Å². The first-order chi connectivity index (χ1) is 10.2. The van der Waals surface area contributed by atoms with Gasteiger partial charge in [-0.05, 0) is 18.4 Å².